The van der Waals surface area contributed by atoms with Crippen molar-refractivity contribution >= 4 is 11.6 Å². The molecule has 0 unspecified atom stereocenters. The Kier molecular flexibility index (Phi) is 4.42. The summed E-state index contributed by atoms with van der Waals surface area (Å²) in [6, 6.07) is 9.84. The largest absolute Gasteiger partial charge is 0.352 e. The molecule has 0 atom stereocenters. The number of carbonyl (C=O) groups excluding carboxylic acids is 1. The summed E-state index contributed by atoms with van der Waals surface area (Å²) in [5.74, 6) is -0.0137. The highest BCUT2D eigenvalue weighted by Gasteiger charge is 2.09. The predicted octanol–water partition coefficient (Wildman–Crippen LogP) is 3.84. The van der Waals surface area contributed by atoms with Crippen molar-refractivity contribution in [1.29, 1.82) is 0 Å². The molecule has 0 fully saturated rings. The maximum absolute atomic E-state index is 12.1. The van der Waals surface area contributed by atoms with E-state index in [2.05, 4.69) is 36.4 Å². The van der Waals surface area contributed by atoms with Gasteiger partial charge in [0, 0.05) is 36.3 Å². The second kappa shape index (κ2) is 6.65. The zero-order valence-electron chi connectivity index (χ0n) is 13.5. The number of unbranched alkanes of at least 4 members (excludes halogenated alkanes) is 1. The van der Waals surface area contributed by atoms with Crippen molar-refractivity contribution in [3.8, 4) is 11.1 Å². The summed E-state index contributed by atoms with van der Waals surface area (Å²) in [5, 5.41) is 2.94. The van der Waals surface area contributed by atoms with Gasteiger partial charge in [0.05, 0.1) is 0 Å². The van der Waals surface area contributed by atoms with Gasteiger partial charge < -0.3 is 9.72 Å². The normalized spacial score (nSPS) is 10.9. The number of fused-ring (bicyclic) bond motifs is 1. The number of hydrogen-bond donors (Lipinski definition) is 1. The summed E-state index contributed by atoms with van der Waals surface area (Å²) in [4.78, 5) is 16.5. The molecule has 0 aliphatic rings. The molecule has 0 radical (unpaired) electrons. The second-order valence-electron chi connectivity index (χ2n) is 5.78. The minimum Gasteiger partial charge on any atom is -0.352 e. The van der Waals surface area contributed by atoms with Crippen LogP contribution in [0, 0.1) is 6.92 Å². The monoisotopic (exact) mass is 307 g/mol. The Balaban J connectivity index is 1.86. The van der Waals surface area contributed by atoms with E-state index >= 15 is 0 Å². The van der Waals surface area contributed by atoms with Gasteiger partial charge in [0.15, 0.2) is 0 Å². The Labute approximate surface area is 136 Å². The molecule has 118 valence electrons. The average Bonchev–Trinajstić information content (AvgIpc) is 3.02. The van der Waals surface area contributed by atoms with Crippen molar-refractivity contribution in [1.82, 2.24) is 14.7 Å². The molecule has 1 amide bonds. The van der Waals surface area contributed by atoms with E-state index in [1.54, 1.807) is 6.20 Å². The molecular weight excluding hydrogens is 286 g/mol. The Morgan fingerprint density at radius 3 is 2.78 bits per heavy atom. The molecule has 1 aromatic carbocycles. The lowest BCUT2D eigenvalue weighted by molar-refractivity contribution is 0.0953. The van der Waals surface area contributed by atoms with Crippen LogP contribution in [0.5, 0.6) is 0 Å². The van der Waals surface area contributed by atoms with Gasteiger partial charge in [-0.3, -0.25) is 4.79 Å². The minimum absolute atomic E-state index is 0.0137. The molecule has 0 saturated carbocycles. The third kappa shape index (κ3) is 3.26. The Bertz CT molecular complexity index is 818. The number of pyridine rings is 1. The first-order chi connectivity index (χ1) is 11.2. The highest BCUT2D eigenvalue weighted by Crippen LogP contribution is 2.25. The number of amides is 1. The fourth-order valence-electron chi connectivity index (χ4n) is 2.67. The van der Waals surface area contributed by atoms with E-state index in [0.29, 0.717) is 5.56 Å². The second-order valence-corrected chi connectivity index (χ2v) is 5.78. The van der Waals surface area contributed by atoms with Crippen molar-refractivity contribution < 1.29 is 4.79 Å². The molecule has 2 heterocycles. The molecule has 4 nitrogen and oxygen atoms in total. The quantitative estimate of drug-likeness (QED) is 0.728. The first-order valence-electron chi connectivity index (χ1n) is 8.01. The van der Waals surface area contributed by atoms with E-state index in [9.17, 15) is 4.79 Å². The molecule has 0 spiro atoms. The zero-order valence-corrected chi connectivity index (χ0v) is 13.5. The first kappa shape index (κ1) is 15.3. The van der Waals surface area contributed by atoms with Crippen molar-refractivity contribution in [2.24, 2.45) is 0 Å². The van der Waals surface area contributed by atoms with Crippen LogP contribution in [0.15, 0.2) is 48.9 Å². The molecule has 0 bridgehead atoms. The molecule has 0 aliphatic carbocycles. The summed E-state index contributed by atoms with van der Waals surface area (Å²) >= 11 is 0. The lowest BCUT2D eigenvalue weighted by atomic mass is 10.0. The van der Waals surface area contributed by atoms with E-state index in [1.165, 1.54) is 5.56 Å². The molecule has 23 heavy (non-hydrogen) atoms. The highest BCUT2D eigenvalue weighted by atomic mass is 16.1. The molecule has 0 saturated heterocycles. The predicted molar refractivity (Wildman–Crippen MR) is 92.6 cm³/mol. The van der Waals surface area contributed by atoms with Gasteiger partial charge in [-0.15, -0.1) is 0 Å². The summed E-state index contributed by atoms with van der Waals surface area (Å²) < 4.78 is 2.02. The van der Waals surface area contributed by atoms with Crippen LogP contribution in [0.25, 0.3) is 16.8 Å². The molecule has 1 N–H and O–H groups in total. The van der Waals surface area contributed by atoms with Gasteiger partial charge in [0.25, 0.3) is 5.91 Å². The van der Waals surface area contributed by atoms with E-state index < -0.39 is 0 Å². The molecule has 2 aromatic heterocycles. The smallest absolute Gasteiger partial charge is 0.251 e. The molecule has 4 heteroatoms. The summed E-state index contributed by atoms with van der Waals surface area (Å²) in [7, 11) is 0. The summed E-state index contributed by atoms with van der Waals surface area (Å²) in [6.45, 7) is 4.90. The number of aryl methyl sites for hydroxylation is 1. The standard InChI is InChI=1S/C19H21N3O/c1-3-4-9-21-19(23)16-7-5-15(6-8-16)17-12-14(2)13-22-11-10-20-18(17)22/h5-8,10-13H,3-4,9H2,1-2H3,(H,21,23). The fraction of sp³-hybridized carbons (Fsp3) is 0.263. The van der Waals surface area contributed by atoms with E-state index in [1.807, 2.05) is 34.9 Å². The number of nitrogens with zero attached hydrogens (tertiary/aromatic N) is 2. The summed E-state index contributed by atoms with van der Waals surface area (Å²) in [6.07, 6.45) is 7.88. The van der Waals surface area contributed by atoms with Crippen LogP contribution in [-0.4, -0.2) is 21.8 Å². The molecule has 3 rings (SSSR count). The Morgan fingerprint density at radius 2 is 2.04 bits per heavy atom. The maximum Gasteiger partial charge on any atom is 0.251 e. The number of rotatable bonds is 5. The van der Waals surface area contributed by atoms with Crippen LogP contribution in [0.4, 0.5) is 0 Å². The van der Waals surface area contributed by atoms with Crippen molar-refractivity contribution in [3.05, 3.63) is 60.0 Å². The maximum atomic E-state index is 12.1. The van der Waals surface area contributed by atoms with Gasteiger partial charge >= 0.3 is 0 Å². The number of benzene rings is 1. The van der Waals surface area contributed by atoms with Crippen LogP contribution in [0.3, 0.4) is 0 Å². The van der Waals surface area contributed by atoms with Gasteiger partial charge in [-0.25, -0.2) is 4.98 Å². The average molecular weight is 307 g/mol. The number of imidazole rings is 1. The van der Waals surface area contributed by atoms with Crippen molar-refractivity contribution in [3.63, 3.8) is 0 Å². The minimum atomic E-state index is -0.0137. The zero-order chi connectivity index (χ0) is 16.2. The lowest BCUT2D eigenvalue weighted by Crippen LogP contribution is -2.24. The van der Waals surface area contributed by atoms with Gasteiger partial charge in [-0.2, -0.15) is 0 Å². The van der Waals surface area contributed by atoms with E-state index in [4.69, 9.17) is 0 Å². The van der Waals surface area contributed by atoms with Crippen LogP contribution < -0.4 is 5.32 Å². The van der Waals surface area contributed by atoms with E-state index in [-0.39, 0.29) is 5.91 Å². The highest BCUT2D eigenvalue weighted by molar-refractivity contribution is 5.95. The van der Waals surface area contributed by atoms with Gasteiger partial charge in [-0.1, -0.05) is 25.5 Å². The van der Waals surface area contributed by atoms with Crippen LogP contribution in [-0.2, 0) is 0 Å². The Hall–Kier alpha value is -2.62. The van der Waals surface area contributed by atoms with Crippen LogP contribution >= 0.6 is 0 Å². The Morgan fingerprint density at radius 1 is 1.26 bits per heavy atom. The van der Waals surface area contributed by atoms with Crippen LogP contribution in [0.1, 0.15) is 35.7 Å². The topological polar surface area (TPSA) is 46.4 Å². The van der Waals surface area contributed by atoms with Gasteiger partial charge in [0.1, 0.15) is 5.65 Å². The lowest BCUT2D eigenvalue weighted by Gasteiger charge is -2.08. The fourth-order valence-corrected chi connectivity index (χ4v) is 2.67. The van der Waals surface area contributed by atoms with Gasteiger partial charge in [0.2, 0.25) is 0 Å². The molecule has 0 aliphatic heterocycles. The third-order valence-corrected chi connectivity index (χ3v) is 3.90. The van der Waals surface area contributed by atoms with Crippen LogP contribution in [0.2, 0.25) is 0 Å². The molecule has 3 aromatic rings. The number of nitrogens with one attached hydrogen (secondary N) is 1. The first-order valence-corrected chi connectivity index (χ1v) is 8.01. The number of carbonyl (C=O) groups is 1. The van der Waals surface area contributed by atoms with Crippen molar-refractivity contribution in [2.75, 3.05) is 6.54 Å². The SMILES string of the molecule is CCCCNC(=O)c1ccc(-c2cc(C)cn3ccnc23)cc1. The molecular formula is C19H21N3O. The number of aromatic nitrogens is 2. The van der Waals surface area contributed by atoms with Gasteiger partial charge in [-0.05, 0) is 42.7 Å². The van der Waals surface area contributed by atoms with Crippen molar-refractivity contribution in [2.45, 2.75) is 26.7 Å². The number of hydrogen-bond acceptors (Lipinski definition) is 2. The third-order valence-electron chi connectivity index (χ3n) is 3.90. The summed E-state index contributed by atoms with van der Waals surface area (Å²) in [5.41, 5.74) is 4.93. The van der Waals surface area contributed by atoms with E-state index in [0.717, 1.165) is 36.2 Å².